The number of ketones is 1. The number of nitrogens with zero attached hydrogens (tertiary/aromatic N) is 2. The fraction of sp³-hybridized carbons (Fsp3) is 0.227. The van der Waals surface area contributed by atoms with Gasteiger partial charge in [-0.05, 0) is 41.5 Å². The Balaban J connectivity index is 2.07. The normalized spacial score (nSPS) is 10.6. The van der Waals surface area contributed by atoms with E-state index in [-0.39, 0.29) is 23.8 Å². The van der Waals surface area contributed by atoms with Gasteiger partial charge < -0.3 is 9.47 Å². The zero-order chi connectivity index (χ0) is 21.0. The highest BCUT2D eigenvalue weighted by Crippen LogP contribution is 2.32. The third-order valence-electron chi connectivity index (χ3n) is 4.54. The summed E-state index contributed by atoms with van der Waals surface area (Å²) in [6.45, 7) is 2.05. The summed E-state index contributed by atoms with van der Waals surface area (Å²) in [5, 5.41) is 4.81. The number of benzene rings is 2. The maximum Gasteiger partial charge on any atom is 0.267 e. The number of rotatable bonds is 7. The summed E-state index contributed by atoms with van der Waals surface area (Å²) < 4.78 is 11.9. The van der Waals surface area contributed by atoms with Gasteiger partial charge in [-0.25, -0.2) is 4.68 Å². The van der Waals surface area contributed by atoms with E-state index in [0.717, 1.165) is 11.3 Å². The second kappa shape index (κ2) is 8.92. The van der Waals surface area contributed by atoms with Crippen LogP contribution in [0.15, 0.2) is 53.3 Å². The maximum atomic E-state index is 12.7. The first kappa shape index (κ1) is 20.6. The smallest absolute Gasteiger partial charge is 0.267 e. The van der Waals surface area contributed by atoms with Gasteiger partial charge in [0, 0.05) is 23.1 Å². The van der Waals surface area contributed by atoms with E-state index in [4.69, 9.17) is 21.1 Å². The number of carbonyl (C=O) groups excluding carboxylic acids is 1. The van der Waals surface area contributed by atoms with Crippen molar-refractivity contribution in [2.75, 3.05) is 14.2 Å². The van der Waals surface area contributed by atoms with Crippen molar-refractivity contribution < 1.29 is 14.3 Å². The molecule has 0 N–H and O–H groups in total. The molecule has 0 aliphatic carbocycles. The van der Waals surface area contributed by atoms with E-state index in [0.29, 0.717) is 28.1 Å². The molecule has 2 aromatic carbocycles. The van der Waals surface area contributed by atoms with Crippen LogP contribution in [0.2, 0.25) is 5.02 Å². The Hall–Kier alpha value is -3.12. The fourth-order valence-electron chi connectivity index (χ4n) is 3.01. The molecule has 0 spiro atoms. The second-order valence-corrected chi connectivity index (χ2v) is 6.81. The van der Waals surface area contributed by atoms with Crippen molar-refractivity contribution in [1.29, 1.82) is 0 Å². The van der Waals surface area contributed by atoms with E-state index in [2.05, 4.69) is 5.10 Å². The number of aromatic nitrogens is 2. The molecule has 0 amide bonds. The Labute approximate surface area is 173 Å². The van der Waals surface area contributed by atoms with E-state index in [1.807, 2.05) is 24.3 Å². The number of carbonyl (C=O) groups is 1. The number of halogens is 1. The number of Topliss-reactive ketones (excluding diaryl/α,β-unsaturated/α-hetero) is 1. The lowest BCUT2D eigenvalue weighted by atomic mass is 9.97. The van der Waals surface area contributed by atoms with Gasteiger partial charge in [-0.2, -0.15) is 0 Å². The highest BCUT2D eigenvalue weighted by molar-refractivity contribution is 6.31. The van der Waals surface area contributed by atoms with Gasteiger partial charge in [0.1, 0.15) is 5.75 Å². The average Bonchev–Trinajstić information content (AvgIpc) is 2.74. The summed E-state index contributed by atoms with van der Waals surface area (Å²) in [5.41, 5.74) is 2.01. The largest absolute Gasteiger partial charge is 0.497 e. The molecule has 0 aliphatic rings. The minimum atomic E-state index is -0.313. The summed E-state index contributed by atoms with van der Waals surface area (Å²) in [7, 11) is 3.07. The lowest BCUT2D eigenvalue weighted by Gasteiger charge is -2.14. The number of hydrogen-bond acceptors (Lipinski definition) is 5. The molecule has 3 aromatic rings. The van der Waals surface area contributed by atoms with Crippen molar-refractivity contribution in [3.8, 4) is 22.8 Å². The molecule has 0 saturated carbocycles. The van der Waals surface area contributed by atoms with Gasteiger partial charge in [0.15, 0.2) is 5.78 Å². The van der Waals surface area contributed by atoms with Crippen LogP contribution >= 0.6 is 11.6 Å². The van der Waals surface area contributed by atoms with Crippen LogP contribution in [-0.4, -0.2) is 29.8 Å². The van der Waals surface area contributed by atoms with Crippen LogP contribution in [-0.2, 0) is 6.54 Å². The van der Waals surface area contributed by atoms with Crippen LogP contribution in [0.5, 0.6) is 11.6 Å². The fourth-order valence-corrected chi connectivity index (χ4v) is 3.18. The van der Waals surface area contributed by atoms with Crippen molar-refractivity contribution in [1.82, 2.24) is 9.78 Å². The number of methoxy groups -OCH3 is 2. The van der Waals surface area contributed by atoms with Crippen molar-refractivity contribution in [2.24, 2.45) is 0 Å². The lowest BCUT2D eigenvalue weighted by molar-refractivity contribution is 0.0989. The summed E-state index contributed by atoms with van der Waals surface area (Å²) in [6, 6.07) is 13.8. The predicted octanol–water partition coefficient (Wildman–Crippen LogP) is 4.22. The Bertz CT molecular complexity index is 1090. The molecule has 6 nitrogen and oxygen atoms in total. The summed E-state index contributed by atoms with van der Waals surface area (Å²) in [6.07, 6.45) is 0.332. The molecule has 0 radical (unpaired) electrons. The number of ether oxygens (including phenoxy) is 2. The van der Waals surface area contributed by atoms with Crippen LogP contribution in [0.1, 0.15) is 29.3 Å². The first-order valence-electron chi connectivity index (χ1n) is 9.09. The third-order valence-corrected chi connectivity index (χ3v) is 4.78. The van der Waals surface area contributed by atoms with Gasteiger partial charge in [0.25, 0.3) is 5.56 Å². The van der Waals surface area contributed by atoms with Crippen molar-refractivity contribution in [2.45, 2.75) is 19.9 Å². The summed E-state index contributed by atoms with van der Waals surface area (Å²) in [4.78, 5) is 25.1. The Kier molecular flexibility index (Phi) is 6.34. The van der Waals surface area contributed by atoms with Crippen LogP contribution in [0.25, 0.3) is 11.1 Å². The van der Waals surface area contributed by atoms with Gasteiger partial charge in [-0.3, -0.25) is 9.59 Å². The third kappa shape index (κ3) is 4.49. The summed E-state index contributed by atoms with van der Waals surface area (Å²) >= 11 is 6.15. The van der Waals surface area contributed by atoms with E-state index in [9.17, 15) is 9.59 Å². The Morgan fingerprint density at radius 3 is 2.38 bits per heavy atom. The second-order valence-electron chi connectivity index (χ2n) is 6.38. The van der Waals surface area contributed by atoms with Gasteiger partial charge in [-0.15, -0.1) is 5.10 Å². The molecule has 0 unspecified atom stereocenters. The first-order valence-corrected chi connectivity index (χ1v) is 9.46. The summed E-state index contributed by atoms with van der Waals surface area (Å²) in [5.74, 6) is 0.919. The zero-order valence-corrected chi connectivity index (χ0v) is 17.2. The Morgan fingerprint density at radius 2 is 1.76 bits per heavy atom. The molecule has 150 valence electrons. The highest BCUT2D eigenvalue weighted by Gasteiger charge is 2.18. The van der Waals surface area contributed by atoms with Crippen LogP contribution < -0.4 is 15.0 Å². The molecule has 0 atom stereocenters. The molecular formula is C22H21ClN2O4. The van der Waals surface area contributed by atoms with Gasteiger partial charge in [0.2, 0.25) is 5.88 Å². The molecule has 1 aromatic heterocycles. The number of hydrogen-bond donors (Lipinski definition) is 0. The predicted molar refractivity (Wildman–Crippen MR) is 112 cm³/mol. The molecule has 3 rings (SSSR count). The topological polar surface area (TPSA) is 70.4 Å². The molecular weight excluding hydrogens is 392 g/mol. The van der Waals surface area contributed by atoms with E-state index in [1.54, 1.807) is 32.2 Å². The van der Waals surface area contributed by atoms with E-state index in [1.165, 1.54) is 17.9 Å². The van der Waals surface area contributed by atoms with E-state index < -0.39 is 0 Å². The molecule has 0 aliphatic heterocycles. The van der Waals surface area contributed by atoms with Crippen molar-refractivity contribution >= 4 is 17.4 Å². The minimum absolute atomic E-state index is 0.0545. The SMILES string of the molecule is CCC(=O)c1ccc(Cl)cc1-c1cc(=O)n(Cc2ccc(OC)cc2)nc1OC. The van der Waals surface area contributed by atoms with Crippen LogP contribution in [0.3, 0.4) is 0 Å². The van der Waals surface area contributed by atoms with Crippen LogP contribution in [0, 0.1) is 0 Å². The average molecular weight is 413 g/mol. The molecule has 0 fully saturated rings. The maximum absolute atomic E-state index is 12.7. The lowest BCUT2D eigenvalue weighted by Crippen LogP contribution is -2.24. The van der Waals surface area contributed by atoms with Crippen LogP contribution in [0.4, 0.5) is 0 Å². The van der Waals surface area contributed by atoms with E-state index >= 15 is 0 Å². The Morgan fingerprint density at radius 1 is 1.03 bits per heavy atom. The van der Waals surface area contributed by atoms with Gasteiger partial charge >= 0.3 is 0 Å². The quantitative estimate of drug-likeness (QED) is 0.543. The molecule has 0 saturated heterocycles. The van der Waals surface area contributed by atoms with Crippen molar-refractivity contribution in [3.05, 3.63) is 75.0 Å². The zero-order valence-electron chi connectivity index (χ0n) is 16.4. The highest BCUT2D eigenvalue weighted by atomic mass is 35.5. The monoisotopic (exact) mass is 412 g/mol. The van der Waals surface area contributed by atoms with Crippen molar-refractivity contribution in [3.63, 3.8) is 0 Å². The standard InChI is InChI=1S/C22H21ClN2O4/c1-4-20(26)17-10-7-15(23)11-18(17)19-12-21(27)25(24-22(19)29-3)13-14-5-8-16(28-2)9-6-14/h5-12H,4,13H2,1-3H3. The molecule has 0 bridgehead atoms. The van der Waals surface area contributed by atoms with Gasteiger partial charge in [-0.1, -0.05) is 30.7 Å². The minimum Gasteiger partial charge on any atom is -0.497 e. The molecule has 29 heavy (non-hydrogen) atoms. The molecule has 7 heteroatoms. The molecule has 1 heterocycles. The first-order chi connectivity index (χ1) is 14.0. The van der Waals surface area contributed by atoms with Gasteiger partial charge in [0.05, 0.1) is 26.3 Å².